The van der Waals surface area contributed by atoms with Gasteiger partial charge in [0.15, 0.2) is 11.6 Å². The Balaban J connectivity index is 2.40. The van der Waals surface area contributed by atoms with Crippen LogP contribution in [0.4, 0.5) is 23.2 Å². The summed E-state index contributed by atoms with van der Waals surface area (Å²) in [6.07, 6.45) is -4.65. The predicted molar refractivity (Wildman–Crippen MR) is 53.4 cm³/mol. The molecular formula is C10H11F4NO2. The van der Waals surface area contributed by atoms with E-state index in [4.69, 9.17) is 4.74 Å². The first-order chi connectivity index (χ1) is 7.92. The number of alkyl halides is 3. The maximum atomic E-state index is 13.2. The molecule has 0 atom stereocenters. The molecule has 0 aromatic heterocycles. The van der Waals surface area contributed by atoms with E-state index in [1.807, 2.05) is 0 Å². The fraction of sp³-hybridized carbons (Fsp3) is 0.400. The summed E-state index contributed by atoms with van der Waals surface area (Å²) in [4.78, 5) is 0. The molecule has 1 N–H and O–H groups in total. The van der Waals surface area contributed by atoms with Gasteiger partial charge >= 0.3 is 6.36 Å². The van der Waals surface area contributed by atoms with Gasteiger partial charge in [0.05, 0.1) is 13.7 Å². The second kappa shape index (κ2) is 5.72. The number of nitrogens with one attached hydrogen (secondary N) is 1. The molecule has 7 heteroatoms. The largest absolute Gasteiger partial charge is 0.522 e. The van der Waals surface area contributed by atoms with Gasteiger partial charge in [-0.3, -0.25) is 4.74 Å². The molecule has 96 valence electrons. The van der Waals surface area contributed by atoms with Gasteiger partial charge in [-0.15, -0.1) is 13.2 Å². The normalized spacial score (nSPS) is 11.4. The summed E-state index contributed by atoms with van der Waals surface area (Å²) in [6.45, 7) is -0.623. The standard InChI is InChI=1S/C10H11F4NO2/c1-16-9-3-2-7(6-8(9)11)15-4-5-17-10(12,13)14/h2-3,6,15H,4-5H2,1H3. The summed E-state index contributed by atoms with van der Waals surface area (Å²) < 4.78 is 56.3. The van der Waals surface area contributed by atoms with Crippen LogP contribution in [0.15, 0.2) is 18.2 Å². The molecule has 1 aromatic rings. The lowest BCUT2D eigenvalue weighted by Gasteiger charge is -2.10. The van der Waals surface area contributed by atoms with Crippen LogP contribution in [0.1, 0.15) is 0 Å². The molecule has 1 aromatic carbocycles. The molecule has 3 nitrogen and oxygen atoms in total. The molecule has 0 bridgehead atoms. The quantitative estimate of drug-likeness (QED) is 0.646. The van der Waals surface area contributed by atoms with E-state index in [1.165, 1.54) is 19.2 Å². The van der Waals surface area contributed by atoms with Crippen LogP contribution in [0, 0.1) is 5.82 Å². The van der Waals surface area contributed by atoms with Crippen molar-refractivity contribution in [3.05, 3.63) is 24.0 Å². The molecule has 1 rings (SSSR count). The number of methoxy groups -OCH3 is 1. The molecule has 0 aliphatic rings. The first-order valence-corrected chi connectivity index (χ1v) is 4.70. The van der Waals surface area contributed by atoms with E-state index in [0.717, 1.165) is 6.07 Å². The van der Waals surface area contributed by atoms with Gasteiger partial charge in [0.1, 0.15) is 0 Å². The third kappa shape index (κ3) is 4.90. The van der Waals surface area contributed by atoms with E-state index in [-0.39, 0.29) is 12.3 Å². The van der Waals surface area contributed by atoms with Crippen LogP contribution >= 0.6 is 0 Å². The fourth-order valence-corrected chi connectivity index (χ4v) is 1.14. The molecular weight excluding hydrogens is 242 g/mol. The van der Waals surface area contributed by atoms with Crippen molar-refractivity contribution in [1.82, 2.24) is 0 Å². The lowest BCUT2D eigenvalue weighted by atomic mass is 10.3. The van der Waals surface area contributed by atoms with E-state index in [1.54, 1.807) is 0 Å². The van der Waals surface area contributed by atoms with Crippen molar-refractivity contribution in [2.45, 2.75) is 6.36 Å². The highest BCUT2D eigenvalue weighted by atomic mass is 19.4. The summed E-state index contributed by atoms with van der Waals surface area (Å²) in [5.41, 5.74) is 0.356. The third-order valence-electron chi connectivity index (χ3n) is 1.85. The van der Waals surface area contributed by atoms with Gasteiger partial charge in [-0.2, -0.15) is 0 Å². The van der Waals surface area contributed by atoms with Crippen LogP contribution in [0.3, 0.4) is 0 Å². The first-order valence-electron chi connectivity index (χ1n) is 4.70. The molecule has 0 amide bonds. The van der Waals surface area contributed by atoms with Crippen molar-refractivity contribution < 1.29 is 27.0 Å². The van der Waals surface area contributed by atoms with Crippen LogP contribution < -0.4 is 10.1 Å². The van der Waals surface area contributed by atoms with Crippen LogP contribution in [-0.2, 0) is 4.74 Å². The summed E-state index contributed by atoms with van der Waals surface area (Å²) in [7, 11) is 1.32. The van der Waals surface area contributed by atoms with Crippen molar-refractivity contribution in [2.75, 3.05) is 25.6 Å². The zero-order valence-electron chi connectivity index (χ0n) is 8.97. The highest BCUT2D eigenvalue weighted by Gasteiger charge is 2.28. The molecule has 0 fully saturated rings. The minimum Gasteiger partial charge on any atom is -0.494 e. The van der Waals surface area contributed by atoms with Gasteiger partial charge < -0.3 is 10.1 Å². The van der Waals surface area contributed by atoms with Gasteiger partial charge in [0.2, 0.25) is 0 Å². The summed E-state index contributed by atoms with van der Waals surface area (Å²) in [5.74, 6) is -0.517. The van der Waals surface area contributed by atoms with Crippen molar-refractivity contribution in [3.8, 4) is 5.75 Å². The number of hydrogen-bond donors (Lipinski definition) is 1. The van der Waals surface area contributed by atoms with Crippen molar-refractivity contribution in [3.63, 3.8) is 0 Å². The van der Waals surface area contributed by atoms with Crippen LogP contribution in [0.5, 0.6) is 5.75 Å². The topological polar surface area (TPSA) is 30.5 Å². The van der Waals surface area contributed by atoms with E-state index >= 15 is 0 Å². The fourth-order valence-electron chi connectivity index (χ4n) is 1.14. The Hall–Kier alpha value is -1.50. The second-order valence-electron chi connectivity index (χ2n) is 3.07. The molecule has 0 saturated carbocycles. The van der Waals surface area contributed by atoms with Crippen LogP contribution in [0.2, 0.25) is 0 Å². The lowest BCUT2D eigenvalue weighted by Crippen LogP contribution is -2.19. The average molecular weight is 253 g/mol. The predicted octanol–water partition coefficient (Wildman–Crippen LogP) is 2.78. The average Bonchev–Trinajstić information content (AvgIpc) is 2.23. The maximum absolute atomic E-state index is 13.2. The van der Waals surface area contributed by atoms with Crippen molar-refractivity contribution >= 4 is 5.69 Å². The summed E-state index contributed by atoms with van der Waals surface area (Å²) in [6, 6.07) is 4.00. The molecule has 0 radical (unpaired) electrons. The van der Waals surface area contributed by atoms with E-state index in [2.05, 4.69) is 10.1 Å². The van der Waals surface area contributed by atoms with E-state index in [0.29, 0.717) is 5.69 Å². The van der Waals surface area contributed by atoms with Gasteiger partial charge in [-0.1, -0.05) is 0 Å². The zero-order valence-corrected chi connectivity index (χ0v) is 8.97. The van der Waals surface area contributed by atoms with Gasteiger partial charge in [-0.25, -0.2) is 4.39 Å². The molecule has 0 aliphatic carbocycles. The number of rotatable bonds is 5. The second-order valence-corrected chi connectivity index (χ2v) is 3.07. The minimum absolute atomic E-state index is 0.0714. The molecule has 0 spiro atoms. The zero-order chi connectivity index (χ0) is 12.9. The van der Waals surface area contributed by atoms with Crippen molar-refractivity contribution in [1.29, 1.82) is 0 Å². The minimum atomic E-state index is -4.65. The smallest absolute Gasteiger partial charge is 0.494 e. The third-order valence-corrected chi connectivity index (χ3v) is 1.85. The number of anilines is 1. The molecule has 0 heterocycles. The van der Waals surface area contributed by atoms with E-state index < -0.39 is 18.8 Å². The van der Waals surface area contributed by atoms with Gasteiger partial charge in [0.25, 0.3) is 0 Å². The SMILES string of the molecule is COc1ccc(NCCOC(F)(F)F)cc1F. The Bertz CT molecular complexity index is 368. The molecule has 0 unspecified atom stereocenters. The molecule has 0 aliphatic heterocycles. The van der Waals surface area contributed by atoms with Crippen molar-refractivity contribution in [2.24, 2.45) is 0 Å². The van der Waals surface area contributed by atoms with Gasteiger partial charge in [-0.05, 0) is 12.1 Å². The Morgan fingerprint density at radius 2 is 2.00 bits per heavy atom. The Morgan fingerprint density at radius 1 is 1.29 bits per heavy atom. The van der Waals surface area contributed by atoms with Crippen LogP contribution in [0.25, 0.3) is 0 Å². The summed E-state index contributed by atoms with van der Waals surface area (Å²) in [5, 5.41) is 2.59. The van der Waals surface area contributed by atoms with Crippen LogP contribution in [-0.4, -0.2) is 26.6 Å². The summed E-state index contributed by atoms with van der Waals surface area (Å²) >= 11 is 0. The monoisotopic (exact) mass is 253 g/mol. The number of benzene rings is 1. The Kier molecular flexibility index (Phi) is 4.56. The van der Waals surface area contributed by atoms with E-state index in [9.17, 15) is 17.6 Å². The highest BCUT2D eigenvalue weighted by molar-refractivity contribution is 5.47. The Morgan fingerprint density at radius 3 is 2.53 bits per heavy atom. The molecule has 17 heavy (non-hydrogen) atoms. The first kappa shape index (κ1) is 13.6. The van der Waals surface area contributed by atoms with Gasteiger partial charge in [0, 0.05) is 18.3 Å². The Labute approximate surface area is 95.3 Å². The number of halogens is 4. The highest BCUT2D eigenvalue weighted by Crippen LogP contribution is 2.20. The lowest BCUT2D eigenvalue weighted by molar-refractivity contribution is -0.322. The number of ether oxygens (including phenoxy) is 2. The molecule has 0 saturated heterocycles. The maximum Gasteiger partial charge on any atom is 0.522 e. The number of hydrogen-bond acceptors (Lipinski definition) is 3.